The van der Waals surface area contributed by atoms with Crippen LogP contribution in [0.25, 0.3) is 0 Å². The summed E-state index contributed by atoms with van der Waals surface area (Å²) < 4.78 is 0. The number of rotatable bonds is 4. The normalized spacial score (nSPS) is 10.1. The van der Waals surface area contributed by atoms with Crippen molar-refractivity contribution in [3.05, 3.63) is 64.7 Å². The van der Waals surface area contributed by atoms with Gasteiger partial charge >= 0.3 is 11.9 Å². The number of carbonyl (C=O) groups excluding carboxylic acids is 1. The lowest BCUT2D eigenvalue weighted by Gasteiger charge is -2.06. The smallest absolute Gasteiger partial charge is 0.336 e. The third kappa shape index (κ3) is 2.89. The summed E-state index contributed by atoms with van der Waals surface area (Å²) in [7, 11) is 0. The molecule has 0 aromatic heterocycles. The summed E-state index contributed by atoms with van der Waals surface area (Å²) >= 11 is 0. The Balaban J connectivity index is 2.50. The summed E-state index contributed by atoms with van der Waals surface area (Å²) in [5.74, 6) is -3.20. The van der Waals surface area contributed by atoms with E-state index < -0.39 is 23.3 Å². The number of hydrogen-bond donors (Lipinski definition) is 3. The van der Waals surface area contributed by atoms with Crippen molar-refractivity contribution in [2.24, 2.45) is 0 Å². The number of carboxylic acid groups (broad SMARTS) is 2. The van der Waals surface area contributed by atoms with Gasteiger partial charge in [-0.05, 0) is 24.3 Å². The molecule has 0 unspecified atom stereocenters. The van der Waals surface area contributed by atoms with Gasteiger partial charge in [-0.25, -0.2) is 9.59 Å². The Bertz CT molecular complexity index is 751. The lowest BCUT2D eigenvalue weighted by atomic mass is 9.98. The van der Waals surface area contributed by atoms with Gasteiger partial charge in [-0.2, -0.15) is 0 Å². The zero-order valence-electron chi connectivity index (χ0n) is 10.7. The van der Waals surface area contributed by atoms with Crippen LogP contribution in [0.1, 0.15) is 36.6 Å². The van der Waals surface area contributed by atoms with E-state index in [-0.39, 0.29) is 11.1 Å². The van der Waals surface area contributed by atoms with Gasteiger partial charge in [0.05, 0.1) is 11.1 Å². The van der Waals surface area contributed by atoms with Crippen LogP contribution >= 0.6 is 0 Å². The van der Waals surface area contributed by atoms with Crippen LogP contribution in [0.4, 0.5) is 5.69 Å². The maximum atomic E-state index is 12.3. The molecule has 4 N–H and O–H groups in total. The molecule has 0 bridgehead atoms. The summed E-state index contributed by atoms with van der Waals surface area (Å²) in [6.07, 6.45) is 0. The quantitative estimate of drug-likeness (QED) is 0.583. The monoisotopic (exact) mass is 285 g/mol. The maximum absolute atomic E-state index is 12.3. The van der Waals surface area contributed by atoms with Crippen LogP contribution < -0.4 is 5.73 Å². The van der Waals surface area contributed by atoms with Crippen molar-refractivity contribution in [3.63, 3.8) is 0 Å². The standard InChI is InChI=1S/C15H11NO5/c16-10-3-1-2-8(6-10)13(17)9-4-5-11(14(18)19)12(7-9)15(20)21/h1-7H,16H2,(H,18,19)(H,20,21). The molecule has 2 rings (SSSR count). The van der Waals surface area contributed by atoms with Crippen molar-refractivity contribution in [1.82, 2.24) is 0 Å². The number of nitrogens with two attached hydrogens (primary N) is 1. The van der Waals surface area contributed by atoms with Crippen LogP contribution in [0.15, 0.2) is 42.5 Å². The van der Waals surface area contributed by atoms with E-state index in [0.29, 0.717) is 11.3 Å². The van der Waals surface area contributed by atoms with Crippen LogP contribution in [0, 0.1) is 0 Å². The van der Waals surface area contributed by atoms with Crippen molar-refractivity contribution < 1.29 is 24.6 Å². The van der Waals surface area contributed by atoms with E-state index in [0.717, 1.165) is 12.1 Å². The Morgan fingerprint density at radius 1 is 0.810 bits per heavy atom. The molecule has 0 aliphatic heterocycles. The molecule has 21 heavy (non-hydrogen) atoms. The molecular weight excluding hydrogens is 274 g/mol. The minimum Gasteiger partial charge on any atom is -0.478 e. The highest BCUT2D eigenvalue weighted by atomic mass is 16.4. The summed E-state index contributed by atoms with van der Waals surface area (Å²) in [4.78, 5) is 34.3. The molecule has 0 atom stereocenters. The Morgan fingerprint density at radius 3 is 2.00 bits per heavy atom. The van der Waals surface area contributed by atoms with Crippen LogP contribution in [0.3, 0.4) is 0 Å². The van der Waals surface area contributed by atoms with Gasteiger partial charge in [0.1, 0.15) is 0 Å². The number of carbonyl (C=O) groups is 3. The van der Waals surface area contributed by atoms with Gasteiger partial charge < -0.3 is 15.9 Å². The van der Waals surface area contributed by atoms with Crippen molar-refractivity contribution in [2.75, 3.05) is 5.73 Å². The van der Waals surface area contributed by atoms with Crippen molar-refractivity contribution in [2.45, 2.75) is 0 Å². The fourth-order valence-electron chi connectivity index (χ4n) is 1.90. The van der Waals surface area contributed by atoms with E-state index in [2.05, 4.69) is 0 Å². The third-order valence-electron chi connectivity index (χ3n) is 2.89. The highest BCUT2D eigenvalue weighted by Crippen LogP contribution is 2.17. The highest BCUT2D eigenvalue weighted by Gasteiger charge is 2.19. The van der Waals surface area contributed by atoms with Crippen LogP contribution in [0.2, 0.25) is 0 Å². The second-order valence-corrected chi connectivity index (χ2v) is 4.33. The first-order chi connectivity index (χ1) is 9.90. The summed E-state index contributed by atoms with van der Waals surface area (Å²) in [6.45, 7) is 0. The van der Waals surface area contributed by atoms with Gasteiger partial charge in [0.25, 0.3) is 0 Å². The van der Waals surface area contributed by atoms with Crippen LogP contribution in [0.5, 0.6) is 0 Å². The van der Waals surface area contributed by atoms with Gasteiger partial charge in [-0.15, -0.1) is 0 Å². The molecule has 0 aliphatic rings. The summed E-state index contributed by atoms with van der Waals surface area (Å²) in [6, 6.07) is 9.67. The lowest BCUT2D eigenvalue weighted by molar-refractivity contribution is 0.0651. The zero-order chi connectivity index (χ0) is 15.6. The van der Waals surface area contributed by atoms with Crippen LogP contribution in [-0.2, 0) is 0 Å². The second-order valence-electron chi connectivity index (χ2n) is 4.33. The average Bonchev–Trinajstić information content (AvgIpc) is 2.45. The first kappa shape index (κ1) is 14.3. The van der Waals surface area contributed by atoms with E-state index in [1.54, 1.807) is 18.2 Å². The molecule has 0 saturated carbocycles. The molecule has 0 radical (unpaired) electrons. The van der Waals surface area contributed by atoms with Gasteiger partial charge in [-0.1, -0.05) is 18.2 Å². The minimum absolute atomic E-state index is 0.0861. The molecule has 0 heterocycles. The van der Waals surface area contributed by atoms with E-state index >= 15 is 0 Å². The molecule has 0 spiro atoms. The van der Waals surface area contributed by atoms with Crippen LogP contribution in [-0.4, -0.2) is 27.9 Å². The van der Waals surface area contributed by atoms with Gasteiger partial charge in [0.2, 0.25) is 0 Å². The molecular formula is C15H11NO5. The predicted molar refractivity (Wildman–Crippen MR) is 74.6 cm³/mol. The Morgan fingerprint density at radius 2 is 1.43 bits per heavy atom. The molecule has 0 aliphatic carbocycles. The molecule has 0 amide bonds. The van der Waals surface area contributed by atoms with Gasteiger partial charge in [0.15, 0.2) is 5.78 Å². The minimum atomic E-state index is -1.41. The molecule has 106 valence electrons. The van der Waals surface area contributed by atoms with E-state index in [1.807, 2.05) is 0 Å². The number of anilines is 1. The fraction of sp³-hybridized carbons (Fsp3) is 0. The SMILES string of the molecule is Nc1cccc(C(=O)c2ccc(C(=O)O)c(C(=O)O)c2)c1. The molecule has 0 fully saturated rings. The number of nitrogen functional groups attached to an aromatic ring is 1. The first-order valence-corrected chi connectivity index (χ1v) is 5.91. The van der Waals surface area contributed by atoms with Gasteiger partial charge in [0, 0.05) is 16.8 Å². The van der Waals surface area contributed by atoms with Crippen molar-refractivity contribution in [1.29, 1.82) is 0 Å². The molecule has 6 nitrogen and oxygen atoms in total. The highest BCUT2D eigenvalue weighted by molar-refractivity contribution is 6.11. The Labute approximate surface area is 119 Å². The van der Waals surface area contributed by atoms with E-state index in [1.165, 1.54) is 12.1 Å². The second kappa shape index (κ2) is 5.46. The number of carboxylic acids is 2. The third-order valence-corrected chi connectivity index (χ3v) is 2.89. The Hall–Kier alpha value is -3.15. The average molecular weight is 285 g/mol. The lowest BCUT2D eigenvalue weighted by Crippen LogP contribution is -2.11. The fourth-order valence-corrected chi connectivity index (χ4v) is 1.90. The number of hydrogen-bond acceptors (Lipinski definition) is 4. The maximum Gasteiger partial charge on any atom is 0.336 e. The van der Waals surface area contributed by atoms with E-state index in [4.69, 9.17) is 15.9 Å². The summed E-state index contributed by atoms with van der Waals surface area (Å²) in [5.41, 5.74) is 5.58. The van der Waals surface area contributed by atoms with Crippen molar-refractivity contribution >= 4 is 23.4 Å². The largest absolute Gasteiger partial charge is 0.478 e. The molecule has 2 aromatic rings. The number of ketones is 1. The molecule has 0 saturated heterocycles. The summed E-state index contributed by atoms with van der Waals surface area (Å²) in [5, 5.41) is 18.0. The molecule has 2 aromatic carbocycles. The van der Waals surface area contributed by atoms with Gasteiger partial charge in [-0.3, -0.25) is 4.79 Å². The topological polar surface area (TPSA) is 118 Å². The van der Waals surface area contributed by atoms with E-state index in [9.17, 15) is 14.4 Å². The predicted octanol–water partition coefficient (Wildman–Crippen LogP) is 1.90. The number of aromatic carboxylic acids is 2. The zero-order valence-corrected chi connectivity index (χ0v) is 10.7. The van der Waals surface area contributed by atoms with Crippen molar-refractivity contribution in [3.8, 4) is 0 Å². The molecule has 6 heteroatoms. The first-order valence-electron chi connectivity index (χ1n) is 5.91. The number of benzene rings is 2. The Kier molecular flexibility index (Phi) is 3.71.